The SMILES string of the molecule is CCOc1nc(NC)nc(Nc2c(Cl)cccc2Cl)n1. The van der Waals surface area contributed by atoms with Gasteiger partial charge in [0.1, 0.15) is 0 Å². The van der Waals surface area contributed by atoms with Crippen LogP contribution in [0.4, 0.5) is 17.6 Å². The Morgan fingerprint density at radius 3 is 2.35 bits per heavy atom. The molecule has 0 saturated carbocycles. The van der Waals surface area contributed by atoms with E-state index in [0.717, 1.165) is 0 Å². The van der Waals surface area contributed by atoms with E-state index >= 15 is 0 Å². The number of aromatic nitrogens is 3. The van der Waals surface area contributed by atoms with Crippen molar-refractivity contribution in [2.24, 2.45) is 0 Å². The van der Waals surface area contributed by atoms with Gasteiger partial charge in [-0.25, -0.2) is 0 Å². The molecule has 6 nitrogen and oxygen atoms in total. The molecule has 2 rings (SSSR count). The molecule has 0 unspecified atom stereocenters. The van der Waals surface area contributed by atoms with Crippen LogP contribution >= 0.6 is 23.2 Å². The molecular formula is C12H13Cl2N5O. The maximum atomic E-state index is 6.09. The summed E-state index contributed by atoms with van der Waals surface area (Å²) in [5, 5.41) is 6.75. The van der Waals surface area contributed by atoms with Crippen molar-refractivity contribution < 1.29 is 4.74 Å². The van der Waals surface area contributed by atoms with E-state index in [1.54, 1.807) is 25.2 Å². The molecule has 0 aliphatic heterocycles. The Hall–Kier alpha value is -1.79. The van der Waals surface area contributed by atoms with Crippen molar-refractivity contribution in [3.63, 3.8) is 0 Å². The zero-order valence-electron chi connectivity index (χ0n) is 10.9. The first kappa shape index (κ1) is 14.6. The molecular weight excluding hydrogens is 301 g/mol. The Labute approximate surface area is 126 Å². The summed E-state index contributed by atoms with van der Waals surface area (Å²) >= 11 is 12.2. The molecule has 2 aromatic rings. The van der Waals surface area contributed by atoms with Gasteiger partial charge >= 0.3 is 6.01 Å². The van der Waals surface area contributed by atoms with Crippen molar-refractivity contribution >= 4 is 40.8 Å². The van der Waals surface area contributed by atoms with Crippen LogP contribution in [0.15, 0.2) is 18.2 Å². The van der Waals surface area contributed by atoms with Gasteiger partial charge in [0.05, 0.1) is 22.3 Å². The van der Waals surface area contributed by atoms with Crippen LogP contribution in [0.1, 0.15) is 6.92 Å². The van der Waals surface area contributed by atoms with Gasteiger partial charge in [-0.3, -0.25) is 0 Å². The van der Waals surface area contributed by atoms with Crippen LogP contribution in [0, 0.1) is 0 Å². The van der Waals surface area contributed by atoms with Crippen molar-refractivity contribution in [1.29, 1.82) is 0 Å². The Balaban J connectivity index is 2.35. The van der Waals surface area contributed by atoms with E-state index < -0.39 is 0 Å². The molecule has 0 bridgehead atoms. The Bertz CT molecular complexity index is 588. The van der Waals surface area contributed by atoms with Crippen LogP contribution in [0.2, 0.25) is 10.0 Å². The summed E-state index contributed by atoms with van der Waals surface area (Å²) in [6, 6.07) is 5.42. The van der Waals surface area contributed by atoms with Gasteiger partial charge in [0.25, 0.3) is 0 Å². The van der Waals surface area contributed by atoms with E-state index in [2.05, 4.69) is 25.6 Å². The van der Waals surface area contributed by atoms with Gasteiger partial charge in [-0.05, 0) is 19.1 Å². The van der Waals surface area contributed by atoms with Crippen LogP contribution in [0.25, 0.3) is 0 Å². The molecule has 0 spiro atoms. The molecule has 0 radical (unpaired) electrons. The van der Waals surface area contributed by atoms with Crippen LogP contribution in [0.3, 0.4) is 0 Å². The highest BCUT2D eigenvalue weighted by atomic mass is 35.5. The number of nitrogens with zero attached hydrogens (tertiary/aromatic N) is 3. The predicted molar refractivity (Wildman–Crippen MR) is 80.3 cm³/mol. The van der Waals surface area contributed by atoms with Crippen molar-refractivity contribution in [3.05, 3.63) is 28.2 Å². The normalized spacial score (nSPS) is 10.2. The van der Waals surface area contributed by atoms with Gasteiger partial charge in [0.15, 0.2) is 0 Å². The summed E-state index contributed by atoms with van der Waals surface area (Å²) in [5.41, 5.74) is 0.534. The standard InChI is InChI=1S/C12H13Cl2N5O/c1-3-20-12-18-10(15-2)17-11(19-12)16-9-7(13)5-4-6-8(9)14/h4-6H,3H2,1-2H3,(H2,15,16,17,18,19). The first-order chi connectivity index (χ1) is 9.63. The van der Waals surface area contributed by atoms with E-state index in [9.17, 15) is 0 Å². The van der Waals surface area contributed by atoms with Crippen LogP contribution in [-0.2, 0) is 0 Å². The number of hydrogen-bond donors (Lipinski definition) is 2. The minimum absolute atomic E-state index is 0.220. The van der Waals surface area contributed by atoms with Crippen LogP contribution in [-0.4, -0.2) is 28.6 Å². The minimum atomic E-state index is 0.220. The average molecular weight is 314 g/mol. The first-order valence-electron chi connectivity index (χ1n) is 5.91. The molecule has 1 aromatic carbocycles. The van der Waals surface area contributed by atoms with Crippen molar-refractivity contribution in [1.82, 2.24) is 15.0 Å². The largest absolute Gasteiger partial charge is 0.464 e. The summed E-state index contributed by atoms with van der Waals surface area (Å²) in [5.74, 6) is 0.678. The van der Waals surface area contributed by atoms with E-state index in [1.165, 1.54) is 0 Å². The Kier molecular flexibility index (Phi) is 4.81. The number of nitrogens with one attached hydrogen (secondary N) is 2. The van der Waals surface area contributed by atoms with Gasteiger partial charge in [-0.2, -0.15) is 15.0 Å². The lowest BCUT2D eigenvalue weighted by atomic mass is 10.3. The highest BCUT2D eigenvalue weighted by molar-refractivity contribution is 6.39. The number of hydrogen-bond acceptors (Lipinski definition) is 6. The topological polar surface area (TPSA) is 72.0 Å². The third-order valence-electron chi connectivity index (χ3n) is 2.31. The second-order valence-corrected chi connectivity index (χ2v) is 4.48. The van der Waals surface area contributed by atoms with Crippen molar-refractivity contribution in [2.75, 3.05) is 24.3 Å². The van der Waals surface area contributed by atoms with E-state index in [1.807, 2.05) is 6.92 Å². The van der Waals surface area contributed by atoms with Gasteiger partial charge < -0.3 is 15.4 Å². The van der Waals surface area contributed by atoms with Crippen molar-refractivity contribution in [2.45, 2.75) is 6.92 Å². The zero-order valence-corrected chi connectivity index (χ0v) is 12.5. The van der Waals surface area contributed by atoms with Gasteiger partial charge in [0, 0.05) is 7.05 Å². The first-order valence-corrected chi connectivity index (χ1v) is 6.67. The lowest BCUT2D eigenvalue weighted by molar-refractivity contribution is 0.312. The molecule has 20 heavy (non-hydrogen) atoms. The number of halogens is 2. The Morgan fingerprint density at radius 2 is 1.75 bits per heavy atom. The Morgan fingerprint density at radius 1 is 1.10 bits per heavy atom. The highest BCUT2D eigenvalue weighted by Gasteiger charge is 2.10. The fourth-order valence-electron chi connectivity index (χ4n) is 1.45. The molecule has 0 fully saturated rings. The second-order valence-electron chi connectivity index (χ2n) is 3.67. The fraction of sp³-hybridized carbons (Fsp3) is 0.250. The monoisotopic (exact) mass is 313 g/mol. The summed E-state index contributed by atoms with van der Waals surface area (Å²) < 4.78 is 5.28. The zero-order chi connectivity index (χ0) is 14.5. The molecule has 106 valence electrons. The van der Waals surface area contributed by atoms with Gasteiger partial charge in [0.2, 0.25) is 11.9 Å². The quantitative estimate of drug-likeness (QED) is 0.882. The molecule has 1 aromatic heterocycles. The van der Waals surface area contributed by atoms with E-state index in [4.69, 9.17) is 27.9 Å². The highest BCUT2D eigenvalue weighted by Crippen LogP contribution is 2.31. The van der Waals surface area contributed by atoms with Crippen LogP contribution in [0.5, 0.6) is 6.01 Å². The van der Waals surface area contributed by atoms with Gasteiger partial charge in [-0.15, -0.1) is 0 Å². The molecule has 2 N–H and O–H groups in total. The predicted octanol–water partition coefficient (Wildman–Crippen LogP) is 3.36. The van der Waals surface area contributed by atoms with Crippen LogP contribution < -0.4 is 15.4 Å². The fourth-order valence-corrected chi connectivity index (χ4v) is 1.94. The lowest BCUT2D eigenvalue weighted by Crippen LogP contribution is -2.07. The van der Waals surface area contributed by atoms with E-state index in [-0.39, 0.29) is 6.01 Å². The smallest absolute Gasteiger partial charge is 0.323 e. The van der Waals surface area contributed by atoms with E-state index in [0.29, 0.717) is 34.2 Å². The molecule has 0 aliphatic rings. The molecule has 0 atom stereocenters. The third-order valence-corrected chi connectivity index (χ3v) is 2.94. The maximum Gasteiger partial charge on any atom is 0.323 e. The summed E-state index contributed by atoms with van der Waals surface area (Å²) in [6.07, 6.45) is 0. The second kappa shape index (κ2) is 6.58. The lowest BCUT2D eigenvalue weighted by Gasteiger charge is -2.10. The maximum absolute atomic E-state index is 6.09. The molecule has 0 saturated heterocycles. The number of para-hydroxylation sites is 1. The number of benzene rings is 1. The summed E-state index contributed by atoms with van der Waals surface area (Å²) in [4.78, 5) is 12.4. The summed E-state index contributed by atoms with van der Waals surface area (Å²) in [7, 11) is 1.71. The number of anilines is 3. The average Bonchev–Trinajstić information content (AvgIpc) is 2.43. The number of rotatable bonds is 5. The third kappa shape index (κ3) is 3.40. The van der Waals surface area contributed by atoms with Gasteiger partial charge in [-0.1, -0.05) is 29.3 Å². The molecule has 8 heteroatoms. The summed E-state index contributed by atoms with van der Waals surface area (Å²) in [6.45, 7) is 2.31. The molecule has 1 heterocycles. The van der Waals surface area contributed by atoms with Crippen molar-refractivity contribution in [3.8, 4) is 6.01 Å². The molecule has 0 aliphatic carbocycles. The number of ether oxygens (including phenoxy) is 1. The minimum Gasteiger partial charge on any atom is -0.464 e. The molecule has 0 amide bonds.